The molecule has 34 heavy (non-hydrogen) atoms. The third-order valence-corrected chi connectivity index (χ3v) is 6.42. The number of carbonyl (C=O) groups excluding carboxylic acids is 2. The zero-order valence-electron chi connectivity index (χ0n) is 20.0. The summed E-state index contributed by atoms with van der Waals surface area (Å²) in [6.45, 7) is 7.41. The van der Waals surface area contributed by atoms with Gasteiger partial charge >= 0.3 is 0 Å². The van der Waals surface area contributed by atoms with Crippen molar-refractivity contribution in [2.45, 2.75) is 25.9 Å². The lowest BCUT2D eigenvalue weighted by molar-refractivity contribution is -0.129. The van der Waals surface area contributed by atoms with E-state index in [1.165, 1.54) is 5.69 Å². The van der Waals surface area contributed by atoms with Crippen LogP contribution >= 0.6 is 0 Å². The van der Waals surface area contributed by atoms with Crippen molar-refractivity contribution in [3.63, 3.8) is 0 Å². The quantitative estimate of drug-likeness (QED) is 0.573. The second-order valence-electron chi connectivity index (χ2n) is 8.64. The molecule has 2 heterocycles. The van der Waals surface area contributed by atoms with Gasteiger partial charge in [0.05, 0.1) is 12.8 Å². The Balaban J connectivity index is 1.18. The smallest absolute Gasteiger partial charge is 0.268 e. The average molecular weight is 467 g/mol. The molecule has 0 bridgehead atoms. The fraction of sp³-hybridized carbons (Fsp3) is 0.462. The highest BCUT2D eigenvalue weighted by atomic mass is 16.5. The minimum Gasteiger partial charge on any atom is -0.497 e. The number of rotatable bonds is 9. The van der Waals surface area contributed by atoms with E-state index in [1.54, 1.807) is 12.0 Å². The highest BCUT2D eigenvalue weighted by molar-refractivity contribution is 6.03. The summed E-state index contributed by atoms with van der Waals surface area (Å²) in [6, 6.07) is 15.6. The van der Waals surface area contributed by atoms with Crippen LogP contribution in [-0.2, 0) is 9.59 Å². The first kappa shape index (κ1) is 23.9. The Morgan fingerprint density at radius 1 is 1.09 bits per heavy atom. The van der Waals surface area contributed by atoms with E-state index in [-0.39, 0.29) is 18.4 Å². The molecule has 2 aromatic carbocycles. The van der Waals surface area contributed by atoms with Crippen molar-refractivity contribution in [1.29, 1.82) is 0 Å². The number of piperazine rings is 1. The zero-order chi connectivity index (χ0) is 23.9. The van der Waals surface area contributed by atoms with Crippen LogP contribution in [0, 0.1) is 0 Å². The highest BCUT2D eigenvalue weighted by Crippen LogP contribution is 2.34. The van der Waals surface area contributed by atoms with E-state index in [2.05, 4.69) is 27.2 Å². The number of nitrogens with one attached hydrogen (secondary N) is 1. The van der Waals surface area contributed by atoms with E-state index in [9.17, 15) is 9.59 Å². The number of nitrogens with zero attached hydrogens (tertiary/aromatic N) is 3. The normalized spacial score (nSPS) is 18.3. The molecular weight excluding hydrogens is 432 g/mol. The number of ether oxygens (including phenoxy) is 2. The molecule has 8 nitrogen and oxygen atoms in total. The lowest BCUT2D eigenvalue weighted by Crippen LogP contribution is -2.50. The van der Waals surface area contributed by atoms with Crippen LogP contribution in [0.25, 0.3) is 0 Å². The minimum atomic E-state index is -0.542. The van der Waals surface area contributed by atoms with Crippen LogP contribution < -0.4 is 24.6 Å². The van der Waals surface area contributed by atoms with E-state index in [0.29, 0.717) is 24.4 Å². The molecular formula is C26H34N4O4. The van der Waals surface area contributed by atoms with Crippen LogP contribution in [0.3, 0.4) is 0 Å². The van der Waals surface area contributed by atoms with Crippen LogP contribution in [0.1, 0.15) is 19.8 Å². The Bertz CT molecular complexity index is 973. The van der Waals surface area contributed by atoms with E-state index < -0.39 is 6.10 Å². The van der Waals surface area contributed by atoms with Crippen molar-refractivity contribution >= 4 is 23.2 Å². The molecule has 0 radical (unpaired) electrons. The van der Waals surface area contributed by atoms with Crippen LogP contribution in [0.15, 0.2) is 48.5 Å². The van der Waals surface area contributed by atoms with Crippen LogP contribution in [-0.4, -0.2) is 75.7 Å². The summed E-state index contributed by atoms with van der Waals surface area (Å²) in [5, 5.41) is 2.98. The lowest BCUT2D eigenvalue weighted by Gasteiger charge is -2.36. The Morgan fingerprint density at radius 3 is 2.53 bits per heavy atom. The van der Waals surface area contributed by atoms with Gasteiger partial charge < -0.3 is 19.7 Å². The zero-order valence-corrected chi connectivity index (χ0v) is 20.0. The maximum Gasteiger partial charge on any atom is 0.268 e. The van der Waals surface area contributed by atoms with Gasteiger partial charge in [-0.3, -0.25) is 19.4 Å². The molecule has 0 unspecified atom stereocenters. The van der Waals surface area contributed by atoms with Gasteiger partial charge in [-0.15, -0.1) is 0 Å². The second-order valence-corrected chi connectivity index (χ2v) is 8.64. The van der Waals surface area contributed by atoms with E-state index in [1.807, 2.05) is 43.3 Å². The van der Waals surface area contributed by atoms with Gasteiger partial charge in [-0.1, -0.05) is 19.1 Å². The number of amides is 2. The standard InChI is InChI=1S/C26H34N4O4/c1-3-23-26(32)30(22-7-4-5-8-24(22)34-23)19-25(31)27-13-6-14-28-15-17-29(18-16-28)20-9-11-21(33-2)12-10-20/h4-5,7-12,23H,3,6,13-19H2,1-2H3,(H,27,31)/t23-/m1/s1. The third kappa shape index (κ3) is 5.62. The summed E-state index contributed by atoms with van der Waals surface area (Å²) in [5.74, 6) is 1.21. The second kappa shape index (κ2) is 11.2. The number of methoxy groups -OCH3 is 1. The van der Waals surface area contributed by atoms with Crippen molar-refractivity contribution < 1.29 is 19.1 Å². The molecule has 0 aliphatic carbocycles. The van der Waals surface area contributed by atoms with Gasteiger partial charge in [-0.05, 0) is 55.8 Å². The molecule has 1 saturated heterocycles. The number of hydrogen-bond acceptors (Lipinski definition) is 6. The van der Waals surface area contributed by atoms with Crippen molar-refractivity contribution in [1.82, 2.24) is 10.2 Å². The van der Waals surface area contributed by atoms with Gasteiger partial charge in [0.25, 0.3) is 5.91 Å². The average Bonchev–Trinajstić information content (AvgIpc) is 2.88. The summed E-state index contributed by atoms with van der Waals surface area (Å²) in [7, 11) is 1.68. The van der Waals surface area contributed by atoms with Crippen molar-refractivity contribution in [3.8, 4) is 11.5 Å². The van der Waals surface area contributed by atoms with E-state index in [4.69, 9.17) is 9.47 Å². The topological polar surface area (TPSA) is 74.3 Å². The molecule has 2 aromatic rings. The minimum absolute atomic E-state index is 0.0102. The Labute approximate surface area is 201 Å². The first-order valence-corrected chi connectivity index (χ1v) is 12.0. The maximum absolute atomic E-state index is 12.8. The molecule has 1 fully saturated rings. The predicted molar refractivity (Wildman–Crippen MR) is 133 cm³/mol. The van der Waals surface area contributed by atoms with Gasteiger partial charge in [0, 0.05) is 38.4 Å². The van der Waals surface area contributed by atoms with E-state index in [0.717, 1.165) is 44.9 Å². The van der Waals surface area contributed by atoms with Gasteiger partial charge in [0.1, 0.15) is 18.0 Å². The monoisotopic (exact) mass is 466 g/mol. The van der Waals surface area contributed by atoms with Crippen molar-refractivity contribution in [3.05, 3.63) is 48.5 Å². The van der Waals surface area contributed by atoms with Crippen LogP contribution in [0.2, 0.25) is 0 Å². The van der Waals surface area contributed by atoms with Gasteiger partial charge in [-0.25, -0.2) is 0 Å². The number of hydrogen-bond donors (Lipinski definition) is 1. The molecule has 1 atom stereocenters. The molecule has 2 amide bonds. The number of fused-ring (bicyclic) bond motifs is 1. The molecule has 2 aliphatic heterocycles. The molecule has 1 N–H and O–H groups in total. The predicted octanol–water partition coefficient (Wildman–Crippen LogP) is 2.53. The molecule has 182 valence electrons. The maximum atomic E-state index is 12.8. The molecule has 0 aromatic heterocycles. The number of anilines is 2. The van der Waals surface area contributed by atoms with Crippen LogP contribution in [0.4, 0.5) is 11.4 Å². The molecule has 0 saturated carbocycles. The Kier molecular flexibility index (Phi) is 7.90. The Morgan fingerprint density at radius 2 is 1.82 bits per heavy atom. The molecule has 2 aliphatic rings. The van der Waals surface area contributed by atoms with Crippen molar-refractivity contribution in [2.75, 3.05) is 62.7 Å². The van der Waals surface area contributed by atoms with E-state index >= 15 is 0 Å². The summed E-state index contributed by atoms with van der Waals surface area (Å²) < 4.78 is 11.0. The fourth-order valence-corrected chi connectivity index (χ4v) is 4.45. The summed E-state index contributed by atoms with van der Waals surface area (Å²) in [5.41, 5.74) is 1.87. The lowest BCUT2D eigenvalue weighted by atomic mass is 10.1. The number of benzene rings is 2. The SMILES string of the molecule is CC[C@H]1Oc2ccccc2N(CC(=O)NCCCN2CCN(c3ccc(OC)cc3)CC2)C1=O. The fourth-order valence-electron chi connectivity index (χ4n) is 4.45. The van der Waals surface area contributed by atoms with Gasteiger partial charge in [0.15, 0.2) is 6.10 Å². The largest absolute Gasteiger partial charge is 0.497 e. The first-order chi connectivity index (χ1) is 16.6. The summed E-state index contributed by atoms with van der Waals surface area (Å²) in [4.78, 5) is 31.7. The Hall–Kier alpha value is -3.26. The van der Waals surface area contributed by atoms with Gasteiger partial charge in [0.2, 0.25) is 5.91 Å². The first-order valence-electron chi connectivity index (χ1n) is 12.0. The molecule has 4 rings (SSSR count). The van der Waals surface area contributed by atoms with Crippen LogP contribution in [0.5, 0.6) is 11.5 Å². The van der Waals surface area contributed by atoms with Crippen molar-refractivity contribution in [2.24, 2.45) is 0 Å². The summed E-state index contributed by atoms with van der Waals surface area (Å²) >= 11 is 0. The molecule has 8 heteroatoms. The number of para-hydroxylation sites is 2. The molecule has 0 spiro atoms. The highest BCUT2D eigenvalue weighted by Gasteiger charge is 2.34. The van der Waals surface area contributed by atoms with Gasteiger partial charge in [-0.2, -0.15) is 0 Å². The summed E-state index contributed by atoms with van der Waals surface area (Å²) in [6.07, 6.45) is 0.899. The number of carbonyl (C=O) groups is 2. The third-order valence-electron chi connectivity index (χ3n) is 6.42.